The van der Waals surface area contributed by atoms with Crippen molar-refractivity contribution >= 4 is 29.3 Å². The third kappa shape index (κ3) is 5.31. The molecule has 0 aliphatic rings. The topological polar surface area (TPSA) is 87.8 Å². The molecular weight excluding hydrogens is 405 g/mol. The molecule has 1 aromatic carbocycles. The van der Waals surface area contributed by atoms with E-state index >= 15 is 0 Å². The number of aliphatic hydroxyl groups is 1. The minimum absolute atomic E-state index is 0.221. The Labute approximate surface area is 174 Å². The molecular formula is C19H25Cl2N3O4. The Kier molecular flexibility index (Phi) is 7.20. The minimum Gasteiger partial charge on any atom is -0.465 e. The van der Waals surface area contributed by atoms with E-state index in [0.717, 1.165) is 0 Å². The number of aliphatic hydroxyl groups excluding tert-OH is 1. The average molecular weight is 430 g/mol. The number of hydrogen-bond acceptors (Lipinski definition) is 4. The lowest BCUT2D eigenvalue weighted by Crippen LogP contribution is -2.46. The number of carbonyl (C=O) groups is 1. The Morgan fingerprint density at radius 2 is 1.86 bits per heavy atom. The molecule has 9 heteroatoms. The van der Waals surface area contributed by atoms with Gasteiger partial charge >= 0.3 is 6.09 Å². The number of aromatic nitrogens is 2. The van der Waals surface area contributed by atoms with Crippen LogP contribution in [0.25, 0.3) is 0 Å². The third-order valence-electron chi connectivity index (χ3n) is 4.19. The van der Waals surface area contributed by atoms with E-state index in [1.165, 1.54) is 4.90 Å². The van der Waals surface area contributed by atoms with Crippen LogP contribution in [-0.2, 0) is 19.6 Å². The van der Waals surface area contributed by atoms with Crippen molar-refractivity contribution in [3.8, 4) is 11.5 Å². The van der Waals surface area contributed by atoms with Crippen molar-refractivity contribution in [3.63, 3.8) is 0 Å². The lowest BCUT2D eigenvalue weighted by atomic mass is 10.1. The zero-order chi connectivity index (χ0) is 21.1. The van der Waals surface area contributed by atoms with Crippen molar-refractivity contribution in [1.29, 1.82) is 0 Å². The van der Waals surface area contributed by atoms with Crippen LogP contribution < -0.4 is 4.74 Å². The molecule has 0 spiro atoms. The Morgan fingerprint density at radius 3 is 2.32 bits per heavy atom. The molecule has 1 heterocycles. The predicted molar refractivity (Wildman–Crippen MR) is 109 cm³/mol. The first-order valence-corrected chi connectivity index (χ1v) is 9.66. The van der Waals surface area contributed by atoms with Crippen LogP contribution in [0.1, 0.15) is 39.1 Å². The van der Waals surface area contributed by atoms with E-state index in [-0.39, 0.29) is 19.7 Å². The molecule has 2 N–H and O–H groups in total. The third-order valence-corrected chi connectivity index (χ3v) is 4.63. The van der Waals surface area contributed by atoms with Crippen LogP contribution in [0.4, 0.5) is 4.79 Å². The van der Waals surface area contributed by atoms with Gasteiger partial charge in [0.2, 0.25) is 0 Å². The van der Waals surface area contributed by atoms with Gasteiger partial charge in [-0.15, -0.1) is 0 Å². The maximum Gasteiger partial charge on any atom is 0.407 e. The predicted octanol–water partition coefficient (Wildman–Crippen LogP) is 4.82. The minimum atomic E-state index is -1.01. The molecule has 0 bridgehead atoms. The first kappa shape index (κ1) is 22.3. The fourth-order valence-electron chi connectivity index (χ4n) is 2.84. The number of carboxylic acid groups (broad SMARTS) is 1. The van der Waals surface area contributed by atoms with Gasteiger partial charge in [0.1, 0.15) is 17.1 Å². The largest absolute Gasteiger partial charge is 0.465 e. The number of ether oxygens (including phenoxy) is 1. The lowest BCUT2D eigenvalue weighted by molar-refractivity contribution is 0.0965. The van der Waals surface area contributed by atoms with Crippen molar-refractivity contribution < 1.29 is 19.7 Å². The molecule has 0 saturated carbocycles. The highest BCUT2D eigenvalue weighted by atomic mass is 35.5. The highest BCUT2D eigenvalue weighted by molar-refractivity contribution is 6.34. The van der Waals surface area contributed by atoms with E-state index in [1.54, 1.807) is 22.9 Å². The SMILES string of the molecule is CCc1nn(CCN(C(=O)O)C(C)(C)C)c(CO)c1Oc1cc(Cl)cc(Cl)c1. The number of halogens is 2. The fraction of sp³-hybridized carbons (Fsp3) is 0.474. The van der Waals surface area contributed by atoms with Gasteiger partial charge in [-0.2, -0.15) is 5.10 Å². The summed E-state index contributed by atoms with van der Waals surface area (Å²) in [5.74, 6) is 0.865. The van der Waals surface area contributed by atoms with Crippen molar-refractivity contribution in [2.45, 2.75) is 52.8 Å². The van der Waals surface area contributed by atoms with Gasteiger partial charge in [-0.25, -0.2) is 4.79 Å². The first-order valence-electron chi connectivity index (χ1n) is 8.90. The van der Waals surface area contributed by atoms with Gasteiger partial charge in [0.15, 0.2) is 5.75 Å². The summed E-state index contributed by atoms with van der Waals surface area (Å²) in [6.45, 7) is 7.60. The second-order valence-electron chi connectivity index (χ2n) is 7.27. The second kappa shape index (κ2) is 9.03. The number of hydrogen-bond donors (Lipinski definition) is 2. The summed E-state index contributed by atoms with van der Waals surface area (Å²) in [5, 5.41) is 24.7. The molecule has 2 aromatic rings. The van der Waals surface area contributed by atoms with Crippen molar-refractivity contribution in [2.24, 2.45) is 0 Å². The molecule has 2 rings (SSSR count). The van der Waals surface area contributed by atoms with Gasteiger partial charge in [0, 0.05) is 22.1 Å². The molecule has 0 radical (unpaired) electrons. The zero-order valence-electron chi connectivity index (χ0n) is 16.4. The number of nitrogens with zero attached hydrogens (tertiary/aromatic N) is 3. The van der Waals surface area contributed by atoms with E-state index in [9.17, 15) is 15.0 Å². The van der Waals surface area contributed by atoms with Crippen molar-refractivity contribution in [2.75, 3.05) is 6.54 Å². The monoisotopic (exact) mass is 429 g/mol. The van der Waals surface area contributed by atoms with Gasteiger partial charge in [-0.3, -0.25) is 4.68 Å². The molecule has 28 heavy (non-hydrogen) atoms. The summed E-state index contributed by atoms with van der Waals surface area (Å²) in [5.41, 5.74) is 0.563. The summed E-state index contributed by atoms with van der Waals surface area (Å²) >= 11 is 12.1. The van der Waals surface area contributed by atoms with Gasteiger partial charge in [-0.05, 0) is 45.4 Å². The fourth-order valence-corrected chi connectivity index (χ4v) is 3.35. The van der Waals surface area contributed by atoms with Crippen LogP contribution in [-0.4, -0.2) is 43.1 Å². The van der Waals surface area contributed by atoms with E-state index in [0.29, 0.717) is 39.4 Å². The van der Waals surface area contributed by atoms with Crippen LogP contribution >= 0.6 is 23.2 Å². The normalized spacial score (nSPS) is 11.5. The summed E-state index contributed by atoms with van der Waals surface area (Å²) in [6.07, 6.45) is -0.433. The molecule has 0 fully saturated rings. The molecule has 154 valence electrons. The van der Waals surface area contributed by atoms with Crippen LogP contribution in [0.3, 0.4) is 0 Å². The summed E-state index contributed by atoms with van der Waals surface area (Å²) in [4.78, 5) is 12.9. The molecule has 7 nitrogen and oxygen atoms in total. The van der Waals surface area contributed by atoms with Gasteiger partial charge in [0.25, 0.3) is 0 Å². The standard InChI is InChI=1S/C19H25Cl2N3O4/c1-5-15-17(28-14-9-12(20)8-13(21)10-14)16(11-25)24(22-15)7-6-23(18(26)27)19(2,3)4/h8-10,25H,5-7,11H2,1-4H3,(H,26,27). The van der Waals surface area contributed by atoms with Gasteiger partial charge in [0.05, 0.1) is 13.2 Å². The number of amides is 1. The Balaban J connectivity index is 2.33. The molecule has 0 aliphatic heterocycles. The Hall–Kier alpha value is -1.96. The Bertz CT molecular complexity index is 826. The second-order valence-corrected chi connectivity index (χ2v) is 8.14. The molecule has 0 saturated heterocycles. The first-order chi connectivity index (χ1) is 13.1. The van der Waals surface area contributed by atoms with Crippen LogP contribution in [0.5, 0.6) is 11.5 Å². The van der Waals surface area contributed by atoms with Crippen LogP contribution in [0.2, 0.25) is 10.0 Å². The summed E-state index contributed by atoms with van der Waals surface area (Å²) in [6, 6.07) is 4.84. The highest BCUT2D eigenvalue weighted by Crippen LogP contribution is 2.33. The van der Waals surface area contributed by atoms with Crippen molar-refractivity contribution in [3.05, 3.63) is 39.6 Å². The number of benzene rings is 1. The smallest absolute Gasteiger partial charge is 0.407 e. The van der Waals surface area contributed by atoms with Crippen LogP contribution in [0, 0.1) is 0 Å². The maximum absolute atomic E-state index is 11.6. The van der Waals surface area contributed by atoms with Crippen LogP contribution in [0.15, 0.2) is 18.2 Å². The van der Waals surface area contributed by atoms with Gasteiger partial charge < -0.3 is 19.8 Å². The molecule has 1 aromatic heterocycles. The van der Waals surface area contributed by atoms with E-state index in [1.807, 2.05) is 27.7 Å². The Morgan fingerprint density at radius 1 is 1.25 bits per heavy atom. The molecule has 1 amide bonds. The number of aryl methyl sites for hydroxylation is 1. The lowest BCUT2D eigenvalue weighted by Gasteiger charge is -2.33. The van der Waals surface area contributed by atoms with Crippen molar-refractivity contribution in [1.82, 2.24) is 14.7 Å². The quantitative estimate of drug-likeness (QED) is 0.658. The van der Waals surface area contributed by atoms with E-state index < -0.39 is 11.6 Å². The van der Waals surface area contributed by atoms with Gasteiger partial charge in [-0.1, -0.05) is 30.1 Å². The highest BCUT2D eigenvalue weighted by Gasteiger charge is 2.27. The van der Waals surface area contributed by atoms with E-state index in [4.69, 9.17) is 27.9 Å². The maximum atomic E-state index is 11.6. The molecule has 0 unspecified atom stereocenters. The zero-order valence-corrected chi connectivity index (χ0v) is 17.9. The molecule has 0 atom stereocenters. The van der Waals surface area contributed by atoms with E-state index in [2.05, 4.69) is 5.10 Å². The summed E-state index contributed by atoms with van der Waals surface area (Å²) < 4.78 is 7.53. The average Bonchev–Trinajstić information content (AvgIpc) is 2.89. The molecule has 0 aliphatic carbocycles. The number of rotatable bonds is 7. The summed E-state index contributed by atoms with van der Waals surface area (Å²) in [7, 11) is 0.